The van der Waals surface area contributed by atoms with Gasteiger partial charge in [0, 0.05) is 44.0 Å². The van der Waals surface area contributed by atoms with Crippen molar-refractivity contribution in [3.8, 4) is 0 Å². The lowest BCUT2D eigenvalue weighted by Crippen LogP contribution is -2.44. The highest BCUT2D eigenvalue weighted by Gasteiger charge is 2.21. The fourth-order valence-electron chi connectivity index (χ4n) is 2.81. The van der Waals surface area contributed by atoms with Crippen LogP contribution >= 0.6 is 11.3 Å². The summed E-state index contributed by atoms with van der Waals surface area (Å²) in [5, 5.41) is 7.22. The first kappa shape index (κ1) is 19.2. The van der Waals surface area contributed by atoms with Crippen molar-refractivity contribution < 1.29 is 14.4 Å². The topological polar surface area (TPSA) is 81.8 Å². The molecule has 8 heteroatoms. The van der Waals surface area contributed by atoms with Crippen molar-refractivity contribution in [2.45, 2.75) is 33.2 Å². The number of rotatable bonds is 7. The molecule has 0 atom stereocenters. The van der Waals surface area contributed by atoms with Crippen molar-refractivity contribution in [1.82, 2.24) is 20.4 Å². The predicted octanol–water partition coefficient (Wildman–Crippen LogP) is 1.19. The zero-order chi connectivity index (χ0) is 18.2. The van der Waals surface area contributed by atoms with Crippen molar-refractivity contribution in [1.29, 1.82) is 0 Å². The molecule has 7 nitrogen and oxygen atoms in total. The molecule has 2 N–H and O–H groups in total. The molecule has 1 aromatic heterocycles. The number of urea groups is 1. The molecule has 0 bridgehead atoms. The Kier molecular flexibility index (Phi) is 7.24. The zero-order valence-corrected chi connectivity index (χ0v) is 15.7. The van der Waals surface area contributed by atoms with Gasteiger partial charge in [0.1, 0.15) is 0 Å². The van der Waals surface area contributed by atoms with Gasteiger partial charge in [-0.3, -0.25) is 9.59 Å². The van der Waals surface area contributed by atoms with Gasteiger partial charge >= 0.3 is 6.03 Å². The third-order valence-electron chi connectivity index (χ3n) is 4.30. The van der Waals surface area contributed by atoms with Gasteiger partial charge in [0.25, 0.3) is 0 Å². The van der Waals surface area contributed by atoms with Crippen LogP contribution in [-0.4, -0.2) is 60.4 Å². The molecule has 25 heavy (non-hydrogen) atoms. The SMILES string of the molecule is CCN(CC)C(=O)CNC(=O)NCCC(=O)N1CCc2sccc2C1. The molecular formula is C17H26N4O3S. The molecule has 0 aliphatic carbocycles. The average Bonchev–Trinajstić information content (AvgIpc) is 3.08. The number of thiophene rings is 1. The van der Waals surface area contributed by atoms with Crippen LogP contribution in [0.25, 0.3) is 0 Å². The Hall–Kier alpha value is -2.09. The predicted molar refractivity (Wildman–Crippen MR) is 97.4 cm³/mol. The lowest BCUT2D eigenvalue weighted by molar-refractivity contribution is -0.132. The van der Waals surface area contributed by atoms with E-state index in [0.29, 0.717) is 19.6 Å². The number of nitrogens with zero attached hydrogens (tertiary/aromatic N) is 2. The molecular weight excluding hydrogens is 340 g/mol. The highest BCUT2D eigenvalue weighted by molar-refractivity contribution is 7.10. The second-order valence-electron chi connectivity index (χ2n) is 5.86. The molecule has 0 radical (unpaired) electrons. The summed E-state index contributed by atoms with van der Waals surface area (Å²) >= 11 is 1.74. The number of amides is 4. The second-order valence-corrected chi connectivity index (χ2v) is 6.86. The summed E-state index contributed by atoms with van der Waals surface area (Å²) in [6.45, 7) is 6.65. The molecule has 1 aromatic rings. The molecule has 0 aromatic carbocycles. The number of likely N-dealkylation sites (N-methyl/N-ethyl adjacent to an activating group) is 1. The Bertz CT molecular complexity index is 613. The third-order valence-corrected chi connectivity index (χ3v) is 5.32. The Morgan fingerprint density at radius 2 is 2.00 bits per heavy atom. The molecule has 138 valence electrons. The van der Waals surface area contributed by atoms with Crippen molar-refractivity contribution in [2.75, 3.05) is 32.7 Å². The van der Waals surface area contributed by atoms with E-state index in [1.165, 1.54) is 10.4 Å². The van der Waals surface area contributed by atoms with Gasteiger partial charge in [-0.1, -0.05) is 0 Å². The summed E-state index contributed by atoms with van der Waals surface area (Å²) in [5.74, 6) is -0.0764. The van der Waals surface area contributed by atoms with Gasteiger partial charge in [0.2, 0.25) is 11.8 Å². The van der Waals surface area contributed by atoms with Gasteiger partial charge in [-0.15, -0.1) is 11.3 Å². The summed E-state index contributed by atoms with van der Waals surface area (Å²) in [6.07, 6.45) is 1.16. The first-order valence-electron chi connectivity index (χ1n) is 8.67. The van der Waals surface area contributed by atoms with Gasteiger partial charge in [-0.05, 0) is 37.3 Å². The van der Waals surface area contributed by atoms with Crippen LogP contribution in [0.3, 0.4) is 0 Å². The van der Waals surface area contributed by atoms with E-state index < -0.39 is 6.03 Å². The van der Waals surface area contributed by atoms with Crippen molar-refractivity contribution in [3.05, 3.63) is 21.9 Å². The lowest BCUT2D eigenvalue weighted by atomic mass is 10.1. The summed E-state index contributed by atoms with van der Waals surface area (Å²) in [6, 6.07) is 1.64. The van der Waals surface area contributed by atoms with Crippen molar-refractivity contribution in [3.63, 3.8) is 0 Å². The smallest absolute Gasteiger partial charge is 0.315 e. The van der Waals surface area contributed by atoms with Crippen LogP contribution in [0, 0.1) is 0 Å². The Labute approximate surface area is 152 Å². The highest BCUT2D eigenvalue weighted by Crippen LogP contribution is 2.24. The molecule has 0 saturated heterocycles. The Morgan fingerprint density at radius 3 is 2.72 bits per heavy atom. The van der Waals surface area contributed by atoms with Gasteiger partial charge < -0.3 is 20.4 Å². The maximum Gasteiger partial charge on any atom is 0.315 e. The van der Waals surface area contributed by atoms with Crippen molar-refractivity contribution in [2.24, 2.45) is 0 Å². The molecule has 4 amide bonds. The molecule has 0 saturated carbocycles. The molecule has 1 aliphatic heterocycles. The summed E-state index contributed by atoms with van der Waals surface area (Å²) in [5.41, 5.74) is 1.23. The quantitative estimate of drug-likeness (QED) is 0.761. The molecule has 0 spiro atoms. The summed E-state index contributed by atoms with van der Waals surface area (Å²) < 4.78 is 0. The molecule has 2 rings (SSSR count). The standard InChI is InChI=1S/C17H26N4O3S/c1-3-20(4-2)16(23)11-19-17(24)18-8-5-15(22)21-9-6-14-13(12-21)7-10-25-14/h7,10H,3-6,8-9,11-12H2,1-2H3,(H2,18,19,24). The monoisotopic (exact) mass is 366 g/mol. The van der Waals surface area contributed by atoms with Crippen LogP contribution in [0.2, 0.25) is 0 Å². The van der Waals surface area contributed by atoms with Crippen LogP contribution in [0.4, 0.5) is 4.79 Å². The van der Waals surface area contributed by atoms with E-state index in [9.17, 15) is 14.4 Å². The molecule has 0 unspecified atom stereocenters. The fraction of sp³-hybridized carbons (Fsp3) is 0.588. The van der Waals surface area contributed by atoms with Crippen LogP contribution < -0.4 is 10.6 Å². The van der Waals surface area contributed by atoms with E-state index in [1.807, 2.05) is 18.7 Å². The van der Waals surface area contributed by atoms with E-state index >= 15 is 0 Å². The van der Waals surface area contributed by atoms with E-state index in [4.69, 9.17) is 0 Å². The lowest BCUT2D eigenvalue weighted by Gasteiger charge is -2.27. The number of hydrogen-bond acceptors (Lipinski definition) is 4. The molecule has 2 heterocycles. The van der Waals surface area contributed by atoms with Crippen LogP contribution in [0.1, 0.15) is 30.7 Å². The minimum Gasteiger partial charge on any atom is -0.342 e. The van der Waals surface area contributed by atoms with Gasteiger partial charge in [-0.2, -0.15) is 0 Å². The second kappa shape index (κ2) is 9.41. The number of fused-ring (bicyclic) bond motifs is 1. The van der Waals surface area contributed by atoms with Crippen LogP contribution in [0.15, 0.2) is 11.4 Å². The largest absolute Gasteiger partial charge is 0.342 e. The van der Waals surface area contributed by atoms with Crippen LogP contribution in [0.5, 0.6) is 0 Å². The highest BCUT2D eigenvalue weighted by atomic mass is 32.1. The summed E-state index contributed by atoms with van der Waals surface area (Å²) in [4.78, 5) is 40.6. The number of nitrogens with one attached hydrogen (secondary N) is 2. The first-order chi connectivity index (χ1) is 12.0. The van der Waals surface area contributed by atoms with E-state index in [-0.39, 0.29) is 31.3 Å². The minimum absolute atomic E-state index is 0.0332. The fourth-order valence-corrected chi connectivity index (χ4v) is 3.70. The van der Waals surface area contributed by atoms with Crippen molar-refractivity contribution >= 4 is 29.2 Å². The minimum atomic E-state index is -0.424. The maximum absolute atomic E-state index is 12.2. The Balaban J connectivity index is 1.64. The average molecular weight is 366 g/mol. The van der Waals surface area contributed by atoms with E-state index in [1.54, 1.807) is 16.2 Å². The van der Waals surface area contributed by atoms with E-state index in [2.05, 4.69) is 22.1 Å². The maximum atomic E-state index is 12.2. The van der Waals surface area contributed by atoms with E-state index in [0.717, 1.165) is 13.0 Å². The zero-order valence-electron chi connectivity index (χ0n) is 14.8. The van der Waals surface area contributed by atoms with Gasteiger partial charge in [-0.25, -0.2) is 4.79 Å². The normalized spacial score (nSPS) is 13.1. The molecule has 0 fully saturated rings. The van der Waals surface area contributed by atoms with Gasteiger partial charge in [0.15, 0.2) is 0 Å². The number of carbonyl (C=O) groups is 3. The Morgan fingerprint density at radius 1 is 1.24 bits per heavy atom. The molecule has 1 aliphatic rings. The first-order valence-corrected chi connectivity index (χ1v) is 9.55. The number of hydrogen-bond donors (Lipinski definition) is 2. The van der Waals surface area contributed by atoms with Gasteiger partial charge in [0.05, 0.1) is 6.54 Å². The third kappa shape index (κ3) is 5.45. The van der Waals surface area contributed by atoms with Crippen LogP contribution in [-0.2, 0) is 22.6 Å². The number of carbonyl (C=O) groups excluding carboxylic acids is 3. The summed E-state index contributed by atoms with van der Waals surface area (Å²) in [7, 11) is 0.